The molecule has 0 amide bonds. The summed E-state index contributed by atoms with van der Waals surface area (Å²) in [6.07, 6.45) is 0.813. The quantitative estimate of drug-likeness (QED) is 0.760. The zero-order valence-electron chi connectivity index (χ0n) is 10.9. The molecule has 0 radical (unpaired) electrons. The van der Waals surface area contributed by atoms with Gasteiger partial charge in [-0.15, -0.1) is 0 Å². The van der Waals surface area contributed by atoms with Crippen LogP contribution in [0.5, 0.6) is 0 Å². The smallest absolute Gasteiger partial charge is 0.222 e. The van der Waals surface area contributed by atoms with E-state index in [1.807, 2.05) is 32.3 Å². The number of aryl methyl sites for hydroxylation is 2. The highest BCUT2D eigenvalue weighted by Crippen LogP contribution is 2.28. The highest BCUT2D eigenvalue weighted by Gasteiger charge is 2.20. The zero-order valence-corrected chi connectivity index (χ0v) is 10.9. The Bertz CT molecular complexity index is 669. The Morgan fingerprint density at radius 2 is 2.00 bits per heavy atom. The van der Waals surface area contributed by atoms with Crippen LogP contribution in [0, 0.1) is 39.0 Å². The summed E-state index contributed by atoms with van der Waals surface area (Å²) in [6.45, 7) is 7.41. The van der Waals surface area contributed by atoms with E-state index >= 15 is 0 Å². The molecule has 2 aromatic heterocycles. The molecule has 92 valence electrons. The third-order valence-corrected chi connectivity index (χ3v) is 3.28. The highest BCUT2D eigenvalue weighted by atomic mass is 16.4. The van der Waals surface area contributed by atoms with E-state index in [4.69, 9.17) is 4.42 Å². The number of furan rings is 1. The first-order chi connectivity index (χ1) is 8.51. The van der Waals surface area contributed by atoms with Gasteiger partial charge in [0.2, 0.25) is 5.88 Å². The lowest BCUT2D eigenvalue weighted by molar-refractivity contribution is 0.112. The van der Waals surface area contributed by atoms with Crippen LogP contribution in [0.25, 0.3) is 5.88 Å². The second-order valence-corrected chi connectivity index (χ2v) is 4.35. The first-order valence-corrected chi connectivity index (χ1v) is 5.65. The standard InChI is InChI=1S/C14H14N2O2/c1-8-5-12(7-17)10(3)16(8)14-13(6-15)9(2)11(4)18-14/h5,7H,1-4H3. The Hall–Kier alpha value is -2.28. The monoisotopic (exact) mass is 242 g/mol. The van der Waals surface area contributed by atoms with Crippen molar-refractivity contribution in [1.82, 2.24) is 4.57 Å². The number of hydrogen-bond acceptors (Lipinski definition) is 3. The second kappa shape index (κ2) is 4.19. The maximum atomic E-state index is 10.9. The van der Waals surface area contributed by atoms with E-state index < -0.39 is 0 Å². The average molecular weight is 242 g/mol. The number of hydrogen-bond donors (Lipinski definition) is 0. The number of carbonyl (C=O) groups is 1. The van der Waals surface area contributed by atoms with Crippen LogP contribution < -0.4 is 0 Å². The average Bonchev–Trinajstić information content (AvgIpc) is 2.77. The fraction of sp³-hybridized carbons (Fsp3) is 0.286. The molecular weight excluding hydrogens is 228 g/mol. The second-order valence-electron chi connectivity index (χ2n) is 4.35. The molecular formula is C14H14N2O2. The van der Waals surface area contributed by atoms with Crippen molar-refractivity contribution in [3.8, 4) is 12.0 Å². The highest BCUT2D eigenvalue weighted by molar-refractivity contribution is 5.77. The molecule has 0 saturated heterocycles. The van der Waals surface area contributed by atoms with Gasteiger partial charge in [-0.05, 0) is 33.8 Å². The van der Waals surface area contributed by atoms with E-state index in [9.17, 15) is 10.1 Å². The summed E-state index contributed by atoms with van der Waals surface area (Å²) in [5, 5.41) is 9.23. The van der Waals surface area contributed by atoms with Crippen molar-refractivity contribution in [2.24, 2.45) is 0 Å². The zero-order chi connectivity index (χ0) is 13.4. The summed E-state index contributed by atoms with van der Waals surface area (Å²) in [7, 11) is 0. The molecule has 0 atom stereocenters. The molecule has 0 unspecified atom stereocenters. The van der Waals surface area contributed by atoms with Crippen molar-refractivity contribution in [1.29, 1.82) is 5.26 Å². The molecule has 4 nitrogen and oxygen atoms in total. The van der Waals surface area contributed by atoms with Gasteiger partial charge in [-0.1, -0.05) is 0 Å². The summed E-state index contributed by atoms with van der Waals surface area (Å²) >= 11 is 0. The maximum Gasteiger partial charge on any atom is 0.222 e. The lowest BCUT2D eigenvalue weighted by Gasteiger charge is -2.06. The van der Waals surface area contributed by atoms with E-state index in [0.717, 1.165) is 29.0 Å². The lowest BCUT2D eigenvalue weighted by atomic mass is 10.2. The van der Waals surface area contributed by atoms with Crippen molar-refractivity contribution >= 4 is 6.29 Å². The first kappa shape index (κ1) is 12.2. The molecule has 0 spiro atoms. The molecule has 0 aliphatic carbocycles. The van der Waals surface area contributed by atoms with Crippen LogP contribution >= 0.6 is 0 Å². The molecule has 0 aliphatic rings. The van der Waals surface area contributed by atoms with Gasteiger partial charge in [0.05, 0.1) is 0 Å². The molecule has 18 heavy (non-hydrogen) atoms. The van der Waals surface area contributed by atoms with Crippen molar-refractivity contribution < 1.29 is 9.21 Å². The van der Waals surface area contributed by atoms with Gasteiger partial charge < -0.3 is 4.42 Å². The summed E-state index contributed by atoms with van der Waals surface area (Å²) in [5.41, 5.74) is 3.63. The first-order valence-electron chi connectivity index (χ1n) is 5.65. The molecule has 0 N–H and O–H groups in total. The van der Waals surface area contributed by atoms with Gasteiger partial charge in [-0.3, -0.25) is 9.36 Å². The van der Waals surface area contributed by atoms with Gasteiger partial charge >= 0.3 is 0 Å². The predicted octanol–water partition coefficient (Wildman–Crippen LogP) is 2.99. The van der Waals surface area contributed by atoms with Gasteiger partial charge in [0.15, 0.2) is 6.29 Å². The predicted molar refractivity (Wildman–Crippen MR) is 67.1 cm³/mol. The summed E-state index contributed by atoms with van der Waals surface area (Å²) < 4.78 is 7.47. The molecule has 0 aromatic carbocycles. The van der Waals surface area contributed by atoms with Gasteiger partial charge in [0, 0.05) is 22.5 Å². The van der Waals surface area contributed by atoms with Crippen molar-refractivity contribution in [3.63, 3.8) is 0 Å². The minimum absolute atomic E-state index is 0.496. The molecule has 2 heterocycles. The van der Waals surface area contributed by atoms with Gasteiger partial charge in [-0.2, -0.15) is 5.26 Å². The van der Waals surface area contributed by atoms with Gasteiger partial charge in [0.1, 0.15) is 17.4 Å². The van der Waals surface area contributed by atoms with E-state index in [1.165, 1.54) is 0 Å². The van der Waals surface area contributed by atoms with Crippen LogP contribution in [-0.4, -0.2) is 10.9 Å². The molecule has 0 saturated carbocycles. The number of aromatic nitrogens is 1. The third kappa shape index (κ3) is 1.56. The van der Waals surface area contributed by atoms with E-state index in [-0.39, 0.29) is 0 Å². The van der Waals surface area contributed by atoms with Crippen molar-refractivity contribution in [3.05, 3.63) is 39.9 Å². The summed E-state index contributed by atoms with van der Waals surface area (Å²) in [5.74, 6) is 1.22. The SMILES string of the molecule is Cc1oc(-n2c(C)cc(C=O)c2C)c(C#N)c1C. The molecule has 0 bridgehead atoms. The molecule has 4 heteroatoms. The van der Waals surface area contributed by atoms with Gasteiger partial charge in [-0.25, -0.2) is 0 Å². The minimum atomic E-state index is 0.496. The van der Waals surface area contributed by atoms with Crippen LogP contribution in [-0.2, 0) is 0 Å². The molecule has 0 aliphatic heterocycles. The molecule has 0 fully saturated rings. The Kier molecular flexibility index (Phi) is 2.84. The topological polar surface area (TPSA) is 58.9 Å². The van der Waals surface area contributed by atoms with E-state index in [0.29, 0.717) is 17.0 Å². The number of aldehydes is 1. The number of nitrogens with zero attached hydrogens (tertiary/aromatic N) is 2. The Balaban J connectivity index is 2.78. The van der Waals surface area contributed by atoms with Crippen LogP contribution in [0.1, 0.15) is 38.6 Å². The van der Waals surface area contributed by atoms with Crippen LogP contribution in [0.2, 0.25) is 0 Å². The van der Waals surface area contributed by atoms with Crippen LogP contribution in [0.4, 0.5) is 0 Å². The molecule has 2 aromatic rings. The van der Waals surface area contributed by atoms with Crippen LogP contribution in [0.3, 0.4) is 0 Å². The largest absolute Gasteiger partial charge is 0.443 e. The van der Waals surface area contributed by atoms with Gasteiger partial charge in [0.25, 0.3) is 0 Å². The maximum absolute atomic E-state index is 10.9. The Morgan fingerprint density at radius 3 is 2.50 bits per heavy atom. The lowest BCUT2D eigenvalue weighted by Crippen LogP contribution is -2.00. The summed E-state index contributed by atoms with van der Waals surface area (Å²) in [6, 6.07) is 3.95. The third-order valence-electron chi connectivity index (χ3n) is 3.28. The Morgan fingerprint density at radius 1 is 1.33 bits per heavy atom. The van der Waals surface area contributed by atoms with Crippen LogP contribution in [0.15, 0.2) is 10.5 Å². The van der Waals surface area contributed by atoms with Crippen molar-refractivity contribution in [2.45, 2.75) is 27.7 Å². The fourth-order valence-corrected chi connectivity index (χ4v) is 2.12. The normalized spacial score (nSPS) is 10.4. The number of rotatable bonds is 2. The Labute approximate surface area is 105 Å². The molecule has 2 rings (SSSR count). The van der Waals surface area contributed by atoms with E-state index in [2.05, 4.69) is 6.07 Å². The number of nitriles is 1. The van der Waals surface area contributed by atoms with Crippen molar-refractivity contribution in [2.75, 3.05) is 0 Å². The minimum Gasteiger partial charge on any atom is -0.443 e. The van der Waals surface area contributed by atoms with E-state index in [1.54, 1.807) is 6.07 Å². The number of carbonyl (C=O) groups excluding carboxylic acids is 1. The fourth-order valence-electron chi connectivity index (χ4n) is 2.12. The summed E-state index contributed by atoms with van der Waals surface area (Å²) in [4.78, 5) is 10.9.